The normalized spacial score (nSPS) is 20.0. The molecule has 0 radical (unpaired) electrons. The van der Waals surface area contributed by atoms with Gasteiger partial charge in [-0.05, 0) is 79.1 Å². The van der Waals surface area contributed by atoms with E-state index in [1.54, 1.807) is 5.57 Å². The van der Waals surface area contributed by atoms with Gasteiger partial charge in [0.15, 0.2) is 6.23 Å². The first kappa shape index (κ1) is 26.0. The van der Waals surface area contributed by atoms with Crippen LogP contribution >= 0.6 is 11.6 Å². The number of halogens is 1. The Morgan fingerprint density at radius 3 is 2.64 bits per heavy atom. The van der Waals surface area contributed by atoms with Crippen LogP contribution in [0.15, 0.2) is 78.6 Å². The fourth-order valence-electron chi connectivity index (χ4n) is 5.95. The van der Waals surface area contributed by atoms with Crippen LogP contribution in [0.2, 0.25) is 5.02 Å². The lowest BCUT2D eigenvalue weighted by Crippen LogP contribution is -2.56. The van der Waals surface area contributed by atoms with E-state index in [0.717, 1.165) is 60.8 Å². The number of pyridine rings is 1. The van der Waals surface area contributed by atoms with E-state index in [9.17, 15) is 0 Å². The lowest BCUT2D eigenvalue weighted by molar-refractivity contribution is 0.104. The summed E-state index contributed by atoms with van der Waals surface area (Å²) in [4.78, 5) is 12.7. The Hall–Kier alpha value is -3.28. The average molecular weight is 541 g/mol. The molecule has 1 aliphatic carbocycles. The third-order valence-corrected chi connectivity index (χ3v) is 8.48. The monoisotopic (exact) mass is 540 g/mol. The third kappa shape index (κ3) is 5.85. The number of aromatic nitrogens is 2. The number of benzene rings is 2. The molecular weight excluding hydrogens is 504 g/mol. The number of nitrogens with zero attached hydrogens (tertiary/aromatic N) is 3. The van der Waals surface area contributed by atoms with Crippen LogP contribution in [0.5, 0.6) is 5.75 Å². The molecule has 2 aromatic carbocycles. The van der Waals surface area contributed by atoms with E-state index in [1.165, 1.54) is 28.8 Å². The molecule has 4 aromatic rings. The number of hydrogen-bond donors (Lipinski definition) is 1. The van der Waals surface area contributed by atoms with Gasteiger partial charge in [-0.15, -0.1) is 0 Å². The number of rotatable bonds is 6. The summed E-state index contributed by atoms with van der Waals surface area (Å²) in [6, 6.07) is 21.3. The third-order valence-electron chi connectivity index (χ3n) is 8.22. The number of H-pyrrole nitrogens is 1. The summed E-state index contributed by atoms with van der Waals surface area (Å²) in [6.45, 7) is 10.6. The molecule has 5 nitrogen and oxygen atoms in total. The van der Waals surface area contributed by atoms with E-state index in [4.69, 9.17) is 16.3 Å². The molecule has 0 amide bonds. The minimum atomic E-state index is -0.112. The molecule has 1 saturated heterocycles. The molecule has 0 saturated carbocycles. The minimum absolute atomic E-state index is 0.112. The number of hydrogen-bond acceptors (Lipinski definition) is 4. The molecule has 6 rings (SSSR count). The molecule has 1 atom stereocenters. The fraction of sp³-hybridized carbons (Fsp3) is 0.364. The molecule has 39 heavy (non-hydrogen) atoms. The van der Waals surface area contributed by atoms with E-state index in [-0.39, 0.29) is 6.23 Å². The van der Waals surface area contributed by atoms with Gasteiger partial charge in [-0.25, -0.2) is 4.98 Å². The second kappa shape index (κ2) is 10.7. The molecule has 6 heteroatoms. The average Bonchev–Trinajstić information content (AvgIpc) is 3.39. The number of nitrogens with one attached hydrogen (secondary N) is 1. The summed E-state index contributed by atoms with van der Waals surface area (Å²) in [5.74, 6) is 0.798. The Morgan fingerprint density at radius 2 is 1.85 bits per heavy atom. The standard InChI is InChI=1S/C33H37ClN4O/c1-23-4-10-28(11-5-23)38-17-16-37(22-31(38)39-29-18-25-13-15-35-32(25)36-20-29)21-26-12-14-33(2,3)19-30(26)24-6-8-27(34)9-7-24/h4-11,13,15,18,20,31H,12,14,16-17,19,21-22H2,1-3H3,(H,35,36). The number of aryl methyl sites for hydroxylation is 1. The Balaban J connectivity index is 1.27. The molecule has 202 valence electrons. The predicted octanol–water partition coefficient (Wildman–Crippen LogP) is 7.72. The second-order valence-electron chi connectivity index (χ2n) is 11.9. The molecule has 1 unspecified atom stereocenters. The largest absolute Gasteiger partial charge is 0.468 e. The van der Waals surface area contributed by atoms with Crippen molar-refractivity contribution in [2.75, 3.05) is 31.1 Å². The van der Waals surface area contributed by atoms with Crippen molar-refractivity contribution in [2.45, 2.75) is 46.3 Å². The molecule has 1 N–H and O–H groups in total. The van der Waals surface area contributed by atoms with Crippen LogP contribution in [0, 0.1) is 12.3 Å². The molecule has 2 aromatic heterocycles. The first-order chi connectivity index (χ1) is 18.8. The van der Waals surface area contributed by atoms with Crippen LogP contribution in [-0.2, 0) is 0 Å². The minimum Gasteiger partial charge on any atom is -0.468 e. The van der Waals surface area contributed by atoms with Gasteiger partial charge in [-0.1, -0.05) is 60.9 Å². The van der Waals surface area contributed by atoms with Gasteiger partial charge in [0, 0.05) is 41.9 Å². The number of anilines is 1. The maximum absolute atomic E-state index is 6.68. The summed E-state index contributed by atoms with van der Waals surface area (Å²) in [5, 5.41) is 1.85. The number of allylic oxidation sites excluding steroid dienone is 1. The molecule has 1 fully saturated rings. The van der Waals surface area contributed by atoms with Gasteiger partial charge < -0.3 is 14.6 Å². The summed E-state index contributed by atoms with van der Waals surface area (Å²) in [7, 11) is 0. The second-order valence-corrected chi connectivity index (χ2v) is 12.3. The highest BCUT2D eigenvalue weighted by atomic mass is 35.5. The lowest BCUT2D eigenvalue weighted by atomic mass is 9.72. The zero-order valence-corrected chi connectivity index (χ0v) is 23.8. The molecule has 2 aliphatic rings. The molecular formula is C33H37ClN4O. The van der Waals surface area contributed by atoms with E-state index in [1.807, 2.05) is 30.6 Å². The molecule has 0 bridgehead atoms. The maximum Gasteiger partial charge on any atom is 0.185 e. The summed E-state index contributed by atoms with van der Waals surface area (Å²) >= 11 is 6.23. The molecule has 0 spiro atoms. The van der Waals surface area contributed by atoms with Gasteiger partial charge in [0.1, 0.15) is 11.4 Å². The van der Waals surface area contributed by atoms with E-state index in [0.29, 0.717) is 5.41 Å². The summed E-state index contributed by atoms with van der Waals surface area (Å²) < 4.78 is 6.68. The van der Waals surface area contributed by atoms with Crippen molar-refractivity contribution in [1.29, 1.82) is 0 Å². The van der Waals surface area contributed by atoms with E-state index >= 15 is 0 Å². The van der Waals surface area contributed by atoms with Gasteiger partial charge in [-0.3, -0.25) is 4.90 Å². The number of fused-ring (bicyclic) bond motifs is 1. The Morgan fingerprint density at radius 1 is 1.05 bits per heavy atom. The molecule has 3 heterocycles. The molecule has 1 aliphatic heterocycles. The van der Waals surface area contributed by atoms with Crippen molar-refractivity contribution in [3.8, 4) is 5.75 Å². The number of piperazine rings is 1. The highest BCUT2D eigenvalue weighted by Gasteiger charge is 2.32. The Kier molecular flexibility index (Phi) is 7.13. The zero-order valence-electron chi connectivity index (χ0n) is 23.1. The van der Waals surface area contributed by atoms with Crippen molar-refractivity contribution in [1.82, 2.24) is 14.9 Å². The van der Waals surface area contributed by atoms with Crippen molar-refractivity contribution in [3.05, 3.63) is 94.8 Å². The van der Waals surface area contributed by atoms with Crippen LogP contribution in [-0.4, -0.2) is 47.3 Å². The fourth-order valence-corrected chi connectivity index (χ4v) is 6.08. The quantitative estimate of drug-likeness (QED) is 0.272. The van der Waals surface area contributed by atoms with E-state index in [2.05, 4.69) is 83.0 Å². The van der Waals surface area contributed by atoms with Crippen LogP contribution in [0.1, 0.15) is 44.2 Å². The van der Waals surface area contributed by atoms with E-state index < -0.39 is 0 Å². The highest BCUT2D eigenvalue weighted by molar-refractivity contribution is 6.30. The van der Waals surface area contributed by atoms with Crippen LogP contribution in [0.25, 0.3) is 16.6 Å². The van der Waals surface area contributed by atoms with Crippen molar-refractivity contribution >= 4 is 33.9 Å². The Bertz CT molecular complexity index is 1470. The summed E-state index contributed by atoms with van der Waals surface area (Å²) in [6.07, 6.45) is 7.07. The topological polar surface area (TPSA) is 44.4 Å². The number of aromatic amines is 1. The van der Waals surface area contributed by atoms with Crippen LogP contribution < -0.4 is 9.64 Å². The van der Waals surface area contributed by atoms with Crippen molar-refractivity contribution in [3.63, 3.8) is 0 Å². The smallest absolute Gasteiger partial charge is 0.185 e. The van der Waals surface area contributed by atoms with Gasteiger partial charge in [0.2, 0.25) is 0 Å². The van der Waals surface area contributed by atoms with Gasteiger partial charge in [-0.2, -0.15) is 0 Å². The SMILES string of the molecule is Cc1ccc(N2CCN(CC3=C(c4ccc(Cl)cc4)CC(C)(C)CC3)CC2Oc2cnc3[nH]ccc3c2)cc1. The summed E-state index contributed by atoms with van der Waals surface area (Å²) in [5.41, 5.74) is 7.99. The van der Waals surface area contributed by atoms with Gasteiger partial charge in [0.25, 0.3) is 0 Å². The highest BCUT2D eigenvalue weighted by Crippen LogP contribution is 2.43. The van der Waals surface area contributed by atoms with Gasteiger partial charge >= 0.3 is 0 Å². The van der Waals surface area contributed by atoms with Crippen molar-refractivity contribution < 1.29 is 4.74 Å². The van der Waals surface area contributed by atoms with Gasteiger partial charge in [0.05, 0.1) is 12.7 Å². The van der Waals surface area contributed by atoms with Crippen LogP contribution in [0.3, 0.4) is 0 Å². The maximum atomic E-state index is 6.68. The first-order valence-corrected chi connectivity index (χ1v) is 14.3. The number of ether oxygens (including phenoxy) is 1. The predicted molar refractivity (Wildman–Crippen MR) is 161 cm³/mol. The Labute approximate surface area is 236 Å². The van der Waals surface area contributed by atoms with Crippen molar-refractivity contribution in [2.24, 2.45) is 5.41 Å². The zero-order chi connectivity index (χ0) is 27.0. The lowest BCUT2D eigenvalue weighted by Gasteiger charge is -2.43. The van der Waals surface area contributed by atoms with Crippen LogP contribution in [0.4, 0.5) is 5.69 Å². The first-order valence-electron chi connectivity index (χ1n) is 14.0.